The summed E-state index contributed by atoms with van der Waals surface area (Å²) in [6.07, 6.45) is 2.72. The number of hydrogen-bond acceptors (Lipinski definition) is 2. The molecule has 0 saturated heterocycles. The molecule has 2 atom stereocenters. The minimum absolute atomic E-state index is 0.0810. The van der Waals surface area contributed by atoms with Crippen molar-refractivity contribution in [2.75, 3.05) is 0 Å². The summed E-state index contributed by atoms with van der Waals surface area (Å²) >= 11 is 0. The minimum atomic E-state index is -0.640. The minimum Gasteiger partial charge on any atom is -0.446 e. The maximum Gasteiger partial charge on any atom is 0.404 e. The van der Waals surface area contributed by atoms with Gasteiger partial charge in [0.15, 0.2) is 0 Å². The molecule has 0 bridgehead atoms. The summed E-state index contributed by atoms with van der Waals surface area (Å²) in [7, 11) is 0. The van der Waals surface area contributed by atoms with E-state index in [0.29, 0.717) is 5.92 Å². The molecule has 0 aromatic rings. The molecule has 0 aromatic heterocycles. The van der Waals surface area contributed by atoms with Gasteiger partial charge in [-0.1, -0.05) is 20.8 Å². The van der Waals surface area contributed by atoms with Gasteiger partial charge in [0.25, 0.3) is 0 Å². The maximum absolute atomic E-state index is 10.3. The highest BCUT2D eigenvalue weighted by molar-refractivity contribution is 5.64. The summed E-state index contributed by atoms with van der Waals surface area (Å²) < 4.78 is 4.86. The SMILES string of the molecule is CC.CC1CCCC1OC(N)=O. The lowest BCUT2D eigenvalue weighted by Crippen LogP contribution is -2.24. The first-order valence-electron chi connectivity index (χ1n) is 4.66. The molecule has 1 saturated carbocycles. The molecule has 0 spiro atoms. The van der Waals surface area contributed by atoms with Gasteiger partial charge in [-0.25, -0.2) is 4.79 Å². The van der Waals surface area contributed by atoms with Crippen molar-refractivity contribution in [2.45, 2.75) is 46.1 Å². The third-order valence-electron chi connectivity index (χ3n) is 2.05. The lowest BCUT2D eigenvalue weighted by atomic mass is 10.1. The number of nitrogens with two attached hydrogens (primary N) is 1. The Kier molecular flexibility index (Phi) is 5.51. The van der Waals surface area contributed by atoms with Gasteiger partial charge in [0, 0.05) is 0 Å². The molecule has 0 heterocycles. The summed E-state index contributed by atoms with van der Waals surface area (Å²) in [6, 6.07) is 0. The lowest BCUT2D eigenvalue weighted by Gasteiger charge is -2.13. The average molecular weight is 173 g/mol. The van der Waals surface area contributed by atoms with E-state index in [0.717, 1.165) is 19.3 Å². The molecule has 2 N–H and O–H groups in total. The second kappa shape index (κ2) is 5.86. The fourth-order valence-electron chi connectivity index (χ4n) is 1.44. The van der Waals surface area contributed by atoms with Crippen LogP contribution in [0.15, 0.2) is 0 Å². The van der Waals surface area contributed by atoms with E-state index in [9.17, 15) is 4.79 Å². The molecular weight excluding hydrogens is 154 g/mol. The fraction of sp³-hybridized carbons (Fsp3) is 0.889. The molecule has 12 heavy (non-hydrogen) atoms. The molecule has 1 aliphatic carbocycles. The average Bonchev–Trinajstić information content (AvgIpc) is 2.40. The highest BCUT2D eigenvalue weighted by atomic mass is 16.6. The number of ether oxygens (including phenoxy) is 1. The predicted octanol–water partition coefficient (Wildman–Crippen LogP) is 2.30. The molecule has 0 aromatic carbocycles. The van der Waals surface area contributed by atoms with E-state index in [1.54, 1.807) is 0 Å². The predicted molar refractivity (Wildman–Crippen MR) is 48.8 cm³/mol. The van der Waals surface area contributed by atoms with Crippen molar-refractivity contribution in [3.8, 4) is 0 Å². The summed E-state index contributed by atoms with van der Waals surface area (Å²) in [4.78, 5) is 10.3. The maximum atomic E-state index is 10.3. The lowest BCUT2D eigenvalue weighted by molar-refractivity contribution is 0.0880. The van der Waals surface area contributed by atoms with Crippen molar-refractivity contribution in [1.29, 1.82) is 0 Å². The normalized spacial score (nSPS) is 27.2. The van der Waals surface area contributed by atoms with Gasteiger partial charge in [0.1, 0.15) is 6.10 Å². The largest absolute Gasteiger partial charge is 0.446 e. The molecule has 72 valence electrons. The van der Waals surface area contributed by atoms with Crippen LogP contribution in [-0.2, 0) is 4.74 Å². The van der Waals surface area contributed by atoms with Crippen LogP contribution in [0, 0.1) is 5.92 Å². The number of carbonyl (C=O) groups is 1. The van der Waals surface area contributed by atoms with Gasteiger partial charge >= 0.3 is 6.09 Å². The van der Waals surface area contributed by atoms with Crippen molar-refractivity contribution in [3.63, 3.8) is 0 Å². The Morgan fingerprint density at radius 1 is 1.42 bits per heavy atom. The Bertz CT molecular complexity index is 136. The first-order valence-corrected chi connectivity index (χ1v) is 4.66. The zero-order valence-corrected chi connectivity index (χ0v) is 8.17. The summed E-state index contributed by atoms with van der Waals surface area (Å²) in [5.74, 6) is 0.493. The van der Waals surface area contributed by atoms with Crippen LogP contribution in [0.4, 0.5) is 4.79 Å². The number of amides is 1. The summed E-state index contributed by atoms with van der Waals surface area (Å²) in [5.41, 5.74) is 4.87. The second-order valence-corrected chi connectivity index (χ2v) is 2.88. The van der Waals surface area contributed by atoms with Crippen LogP contribution in [0.3, 0.4) is 0 Å². The molecule has 0 aliphatic heterocycles. The number of primary amides is 1. The Balaban J connectivity index is 0.000000561. The van der Waals surface area contributed by atoms with E-state index in [-0.39, 0.29) is 6.10 Å². The summed E-state index contributed by atoms with van der Waals surface area (Å²) in [5, 5.41) is 0. The van der Waals surface area contributed by atoms with Crippen LogP contribution in [0.5, 0.6) is 0 Å². The van der Waals surface area contributed by atoms with E-state index in [1.807, 2.05) is 13.8 Å². The van der Waals surface area contributed by atoms with E-state index in [4.69, 9.17) is 10.5 Å². The number of rotatable bonds is 1. The Morgan fingerprint density at radius 3 is 2.33 bits per heavy atom. The van der Waals surface area contributed by atoms with Crippen LogP contribution >= 0.6 is 0 Å². The van der Waals surface area contributed by atoms with E-state index in [2.05, 4.69) is 6.92 Å². The highest BCUT2D eigenvalue weighted by Crippen LogP contribution is 2.27. The molecular formula is C9H19NO2. The Labute approximate surface area is 74.3 Å². The van der Waals surface area contributed by atoms with E-state index >= 15 is 0 Å². The van der Waals surface area contributed by atoms with Crippen LogP contribution < -0.4 is 5.73 Å². The highest BCUT2D eigenvalue weighted by Gasteiger charge is 2.25. The molecule has 0 radical (unpaired) electrons. The van der Waals surface area contributed by atoms with Gasteiger partial charge in [0.2, 0.25) is 0 Å². The molecule has 1 rings (SSSR count). The molecule has 2 unspecified atom stereocenters. The molecule has 1 fully saturated rings. The monoisotopic (exact) mass is 173 g/mol. The third kappa shape index (κ3) is 3.60. The van der Waals surface area contributed by atoms with Crippen molar-refractivity contribution >= 4 is 6.09 Å². The third-order valence-corrected chi connectivity index (χ3v) is 2.05. The van der Waals surface area contributed by atoms with Gasteiger partial charge in [-0.2, -0.15) is 0 Å². The van der Waals surface area contributed by atoms with Crippen molar-refractivity contribution in [1.82, 2.24) is 0 Å². The smallest absolute Gasteiger partial charge is 0.404 e. The fourth-order valence-corrected chi connectivity index (χ4v) is 1.44. The first-order chi connectivity index (χ1) is 5.70. The van der Waals surface area contributed by atoms with Gasteiger partial charge in [-0.3, -0.25) is 0 Å². The Hall–Kier alpha value is -0.730. The van der Waals surface area contributed by atoms with Crippen LogP contribution in [0.25, 0.3) is 0 Å². The van der Waals surface area contributed by atoms with Crippen molar-refractivity contribution in [2.24, 2.45) is 11.7 Å². The Morgan fingerprint density at radius 2 is 2.00 bits per heavy atom. The number of carbonyl (C=O) groups excluding carboxylic acids is 1. The quantitative estimate of drug-likeness (QED) is 0.661. The van der Waals surface area contributed by atoms with Gasteiger partial charge in [0.05, 0.1) is 0 Å². The zero-order valence-electron chi connectivity index (χ0n) is 8.17. The van der Waals surface area contributed by atoms with Gasteiger partial charge in [-0.15, -0.1) is 0 Å². The van der Waals surface area contributed by atoms with Crippen LogP contribution in [0.1, 0.15) is 40.0 Å². The standard InChI is InChI=1S/C7H13NO2.C2H6/c1-5-3-2-4-6(5)10-7(8)9;1-2/h5-6H,2-4H2,1H3,(H2,8,9);1-2H3. The first kappa shape index (κ1) is 11.3. The van der Waals surface area contributed by atoms with Crippen molar-refractivity contribution in [3.05, 3.63) is 0 Å². The topological polar surface area (TPSA) is 52.3 Å². The molecule has 3 nitrogen and oxygen atoms in total. The molecule has 3 heteroatoms. The summed E-state index contributed by atoms with van der Waals surface area (Å²) in [6.45, 7) is 6.08. The number of hydrogen-bond donors (Lipinski definition) is 1. The van der Waals surface area contributed by atoms with E-state index < -0.39 is 6.09 Å². The molecule has 1 aliphatic rings. The van der Waals surface area contributed by atoms with Gasteiger partial charge in [-0.05, 0) is 25.2 Å². The van der Waals surface area contributed by atoms with E-state index in [1.165, 1.54) is 0 Å². The van der Waals surface area contributed by atoms with Crippen LogP contribution in [0.2, 0.25) is 0 Å². The molecule has 1 amide bonds. The zero-order chi connectivity index (χ0) is 9.56. The van der Waals surface area contributed by atoms with Crippen LogP contribution in [-0.4, -0.2) is 12.2 Å². The van der Waals surface area contributed by atoms with Gasteiger partial charge < -0.3 is 10.5 Å². The second-order valence-electron chi connectivity index (χ2n) is 2.88. The van der Waals surface area contributed by atoms with Crippen molar-refractivity contribution < 1.29 is 9.53 Å².